The molecular formula is C14H15N3O4S. The molecule has 1 saturated heterocycles. The van der Waals surface area contributed by atoms with Crippen LogP contribution < -0.4 is 0 Å². The summed E-state index contributed by atoms with van der Waals surface area (Å²) in [5, 5.41) is 13.1. The Morgan fingerprint density at radius 2 is 2.00 bits per heavy atom. The topological polar surface area (TPSA) is 92.5 Å². The molecule has 1 aliphatic heterocycles. The highest BCUT2D eigenvalue weighted by molar-refractivity contribution is 7.89. The lowest BCUT2D eigenvalue weighted by Gasteiger charge is -2.14. The number of sulfonamides is 1. The van der Waals surface area contributed by atoms with Crippen LogP contribution in [0.1, 0.15) is 6.42 Å². The Morgan fingerprint density at radius 3 is 2.64 bits per heavy atom. The van der Waals surface area contributed by atoms with Crippen molar-refractivity contribution in [1.29, 1.82) is 0 Å². The first-order valence-electron chi connectivity index (χ1n) is 6.81. The number of carbonyl (C=O) groups is 1. The van der Waals surface area contributed by atoms with Gasteiger partial charge in [-0.2, -0.15) is 9.40 Å². The summed E-state index contributed by atoms with van der Waals surface area (Å²) in [7, 11) is -3.71. The molecule has 1 N–H and O–H groups in total. The number of hydrogen-bond acceptors (Lipinski definition) is 4. The number of carboxylic acid groups (broad SMARTS) is 1. The zero-order chi connectivity index (χ0) is 15.7. The fourth-order valence-corrected chi connectivity index (χ4v) is 3.89. The molecule has 2 heterocycles. The summed E-state index contributed by atoms with van der Waals surface area (Å²) < 4.78 is 27.7. The largest absolute Gasteiger partial charge is 0.481 e. The molecule has 1 unspecified atom stereocenters. The van der Waals surface area contributed by atoms with Crippen LogP contribution in [-0.2, 0) is 14.8 Å². The van der Waals surface area contributed by atoms with E-state index >= 15 is 0 Å². The predicted octanol–water partition coefficient (Wildman–Crippen LogP) is 0.967. The van der Waals surface area contributed by atoms with Crippen molar-refractivity contribution in [1.82, 2.24) is 14.1 Å². The molecule has 3 rings (SSSR count). The van der Waals surface area contributed by atoms with Crippen LogP contribution in [0.15, 0.2) is 47.6 Å². The number of aliphatic carboxylic acids is 1. The Labute approximate surface area is 127 Å². The Kier molecular flexibility index (Phi) is 3.71. The molecule has 1 aromatic carbocycles. The van der Waals surface area contributed by atoms with Gasteiger partial charge in [-0.3, -0.25) is 4.79 Å². The maximum absolute atomic E-state index is 12.5. The first-order valence-corrected chi connectivity index (χ1v) is 8.25. The standard InChI is InChI=1S/C14H15N3O4S/c18-14(19)11-6-7-16(9-11)22(20,21)13-8-15-17(10-13)12-4-2-1-3-5-12/h1-5,8,10-11H,6-7,9H2,(H,18,19). The van der Waals surface area contributed by atoms with Crippen LogP contribution in [0.5, 0.6) is 0 Å². The van der Waals surface area contributed by atoms with Gasteiger partial charge in [-0.25, -0.2) is 13.1 Å². The number of rotatable bonds is 4. The first kappa shape index (κ1) is 14.7. The maximum Gasteiger partial charge on any atom is 0.307 e. The highest BCUT2D eigenvalue weighted by atomic mass is 32.2. The van der Waals surface area contributed by atoms with Crippen molar-refractivity contribution >= 4 is 16.0 Å². The van der Waals surface area contributed by atoms with Crippen molar-refractivity contribution in [3.8, 4) is 5.69 Å². The SMILES string of the molecule is O=C(O)C1CCN(S(=O)(=O)c2cnn(-c3ccccc3)c2)C1. The molecule has 7 nitrogen and oxygen atoms in total. The molecule has 8 heteroatoms. The van der Waals surface area contributed by atoms with Crippen LogP contribution in [0.25, 0.3) is 5.69 Å². The summed E-state index contributed by atoms with van der Waals surface area (Å²) in [4.78, 5) is 11.0. The van der Waals surface area contributed by atoms with Gasteiger partial charge in [0.2, 0.25) is 10.0 Å². The van der Waals surface area contributed by atoms with E-state index in [1.165, 1.54) is 21.4 Å². The second-order valence-electron chi connectivity index (χ2n) is 5.14. The van der Waals surface area contributed by atoms with Crippen LogP contribution in [0.4, 0.5) is 0 Å². The smallest absolute Gasteiger partial charge is 0.307 e. The van der Waals surface area contributed by atoms with E-state index in [1.54, 1.807) is 0 Å². The van der Waals surface area contributed by atoms with E-state index in [2.05, 4.69) is 5.10 Å². The molecule has 2 aromatic rings. The lowest BCUT2D eigenvalue weighted by molar-refractivity contribution is -0.141. The van der Waals surface area contributed by atoms with Crippen LogP contribution >= 0.6 is 0 Å². The van der Waals surface area contributed by atoms with E-state index in [0.29, 0.717) is 6.42 Å². The highest BCUT2D eigenvalue weighted by Crippen LogP contribution is 2.24. The van der Waals surface area contributed by atoms with Crippen LogP contribution in [0.3, 0.4) is 0 Å². The van der Waals surface area contributed by atoms with Gasteiger partial charge in [-0.1, -0.05) is 18.2 Å². The van der Waals surface area contributed by atoms with Crippen molar-refractivity contribution in [3.05, 3.63) is 42.7 Å². The van der Waals surface area contributed by atoms with E-state index in [9.17, 15) is 13.2 Å². The van der Waals surface area contributed by atoms with Gasteiger partial charge in [-0.15, -0.1) is 0 Å². The van der Waals surface area contributed by atoms with Crippen molar-refractivity contribution < 1.29 is 18.3 Å². The molecule has 0 bridgehead atoms. The lowest BCUT2D eigenvalue weighted by atomic mass is 10.1. The monoisotopic (exact) mass is 321 g/mol. The Morgan fingerprint density at radius 1 is 1.27 bits per heavy atom. The summed E-state index contributed by atoms with van der Waals surface area (Å²) in [6.45, 7) is 0.226. The fraction of sp³-hybridized carbons (Fsp3) is 0.286. The van der Waals surface area contributed by atoms with Crippen LogP contribution in [0, 0.1) is 5.92 Å². The molecule has 1 aromatic heterocycles. The summed E-state index contributed by atoms with van der Waals surface area (Å²) in [5.74, 6) is -1.60. The molecule has 0 spiro atoms. The van der Waals surface area contributed by atoms with Gasteiger partial charge in [0, 0.05) is 13.1 Å². The zero-order valence-electron chi connectivity index (χ0n) is 11.7. The van der Waals surface area contributed by atoms with E-state index in [0.717, 1.165) is 5.69 Å². The summed E-state index contributed by atoms with van der Waals surface area (Å²) in [6, 6.07) is 9.17. The minimum absolute atomic E-state index is 0.00812. The van der Waals surface area contributed by atoms with Gasteiger partial charge in [-0.05, 0) is 18.6 Å². The second kappa shape index (κ2) is 5.54. The summed E-state index contributed by atoms with van der Waals surface area (Å²) in [6.07, 6.45) is 3.07. The quantitative estimate of drug-likeness (QED) is 0.906. The molecular weight excluding hydrogens is 306 g/mol. The van der Waals surface area contributed by atoms with E-state index in [-0.39, 0.29) is 18.0 Å². The Balaban J connectivity index is 1.85. The van der Waals surface area contributed by atoms with Crippen molar-refractivity contribution in [2.45, 2.75) is 11.3 Å². The third-order valence-corrected chi connectivity index (χ3v) is 5.54. The highest BCUT2D eigenvalue weighted by Gasteiger charge is 2.36. The maximum atomic E-state index is 12.5. The molecule has 1 aliphatic rings. The predicted molar refractivity (Wildman–Crippen MR) is 78.1 cm³/mol. The Bertz CT molecular complexity index is 785. The number of nitrogens with zero attached hydrogens (tertiary/aromatic N) is 3. The zero-order valence-corrected chi connectivity index (χ0v) is 12.5. The van der Waals surface area contributed by atoms with Gasteiger partial charge < -0.3 is 5.11 Å². The number of para-hydroxylation sites is 1. The molecule has 116 valence electrons. The summed E-state index contributed by atoms with van der Waals surface area (Å²) in [5.41, 5.74) is 0.758. The molecule has 0 amide bonds. The molecule has 0 saturated carbocycles. The fourth-order valence-electron chi connectivity index (χ4n) is 2.46. The summed E-state index contributed by atoms with van der Waals surface area (Å²) >= 11 is 0. The lowest BCUT2D eigenvalue weighted by Crippen LogP contribution is -2.29. The van der Waals surface area contributed by atoms with Gasteiger partial charge in [0.15, 0.2) is 0 Å². The molecule has 22 heavy (non-hydrogen) atoms. The van der Waals surface area contributed by atoms with Gasteiger partial charge in [0.05, 0.1) is 24.0 Å². The van der Waals surface area contributed by atoms with Crippen LogP contribution in [0.2, 0.25) is 0 Å². The van der Waals surface area contributed by atoms with Crippen LogP contribution in [-0.4, -0.2) is 46.7 Å². The van der Waals surface area contributed by atoms with E-state index in [4.69, 9.17) is 5.11 Å². The Hall–Kier alpha value is -2.19. The normalized spacial score (nSPS) is 19.4. The average Bonchev–Trinajstić information content (AvgIpc) is 3.18. The first-order chi connectivity index (χ1) is 10.5. The van der Waals surface area contributed by atoms with Gasteiger partial charge >= 0.3 is 5.97 Å². The molecule has 1 fully saturated rings. The van der Waals surface area contributed by atoms with Crippen molar-refractivity contribution in [2.75, 3.05) is 13.1 Å². The average molecular weight is 321 g/mol. The van der Waals surface area contributed by atoms with Gasteiger partial charge in [0.25, 0.3) is 0 Å². The van der Waals surface area contributed by atoms with E-state index < -0.39 is 21.9 Å². The number of hydrogen-bond donors (Lipinski definition) is 1. The third kappa shape index (κ3) is 2.62. The third-order valence-electron chi connectivity index (χ3n) is 3.72. The van der Waals surface area contributed by atoms with Crippen molar-refractivity contribution in [2.24, 2.45) is 5.92 Å². The van der Waals surface area contributed by atoms with Gasteiger partial charge in [0.1, 0.15) is 4.90 Å². The molecule has 0 radical (unpaired) electrons. The molecule has 1 atom stereocenters. The second-order valence-corrected chi connectivity index (χ2v) is 7.08. The number of benzene rings is 1. The minimum atomic E-state index is -3.71. The number of carboxylic acids is 1. The van der Waals surface area contributed by atoms with E-state index in [1.807, 2.05) is 30.3 Å². The van der Waals surface area contributed by atoms with Crippen molar-refractivity contribution in [3.63, 3.8) is 0 Å². The number of aromatic nitrogens is 2. The molecule has 0 aliphatic carbocycles. The minimum Gasteiger partial charge on any atom is -0.481 e.